The highest BCUT2D eigenvalue weighted by Gasteiger charge is 2.74. The van der Waals surface area contributed by atoms with Gasteiger partial charge >= 0.3 is 0 Å². The summed E-state index contributed by atoms with van der Waals surface area (Å²) < 4.78 is 0. The molecule has 6 rings (SSSR count). The molecular weight excluding hydrogens is 370 g/mol. The van der Waals surface area contributed by atoms with Crippen LogP contribution in [-0.4, -0.2) is 11.8 Å². The molecule has 3 saturated carbocycles. The summed E-state index contributed by atoms with van der Waals surface area (Å²) in [6, 6.07) is 15.6. The number of imide groups is 1. The number of aryl methyl sites for hydroxylation is 1. The van der Waals surface area contributed by atoms with Crippen molar-refractivity contribution in [1.29, 1.82) is 0 Å². The highest BCUT2D eigenvalue weighted by Crippen LogP contribution is 2.74. The molecule has 0 unspecified atom stereocenters. The van der Waals surface area contributed by atoms with Crippen LogP contribution >= 0.6 is 11.6 Å². The van der Waals surface area contributed by atoms with E-state index < -0.39 is 0 Å². The van der Waals surface area contributed by atoms with Crippen molar-refractivity contribution < 1.29 is 9.59 Å². The molecule has 1 heterocycles. The first-order chi connectivity index (χ1) is 13.5. The van der Waals surface area contributed by atoms with Crippen LogP contribution in [0.1, 0.15) is 17.5 Å². The molecule has 2 aromatic carbocycles. The van der Waals surface area contributed by atoms with Crippen molar-refractivity contribution in [3.8, 4) is 0 Å². The molecule has 0 N–H and O–H groups in total. The van der Waals surface area contributed by atoms with Gasteiger partial charge in [-0.05, 0) is 66.8 Å². The molecule has 6 atom stereocenters. The zero-order valence-electron chi connectivity index (χ0n) is 15.5. The van der Waals surface area contributed by atoms with Crippen molar-refractivity contribution in [2.45, 2.75) is 13.3 Å². The zero-order chi connectivity index (χ0) is 19.2. The zero-order valence-corrected chi connectivity index (χ0v) is 16.3. The number of rotatable bonds is 2. The number of nitrogens with zero attached hydrogens (tertiary/aromatic N) is 1. The van der Waals surface area contributed by atoms with Gasteiger partial charge in [0.1, 0.15) is 0 Å². The third-order valence-corrected chi connectivity index (χ3v) is 7.54. The van der Waals surface area contributed by atoms with E-state index in [1.165, 1.54) is 10.5 Å². The molecular formula is C24H20ClNO2. The number of fused-ring (bicyclic) bond motifs is 8. The van der Waals surface area contributed by atoms with Crippen molar-refractivity contribution in [3.05, 3.63) is 70.3 Å². The number of hydrogen-bond donors (Lipinski definition) is 0. The highest BCUT2D eigenvalue weighted by atomic mass is 35.5. The average molecular weight is 390 g/mol. The summed E-state index contributed by atoms with van der Waals surface area (Å²) in [7, 11) is 0. The van der Waals surface area contributed by atoms with E-state index in [9.17, 15) is 9.59 Å². The molecule has 2 aromatic rings. The Morgan fingerprint density at radius 2 is 1.57 bits per heavy atom. The van der Waals surface area contributed by atoms with E-state index in [0.29, 0.717) is 23.7 Å². The van der Waals surface area contributed by atoms with Gasteiger partial charge in [-0.25, -0.2) is 0 Å². The fraction of sp³-hybridized carbons (Fsp3) is 0.333. The minimum absolute atomic E-state index is 0.0128. The van der Waals surface area contributed by atoms with Gasteiger partial charge in [0.25, 0.3) is 0 Å². The van der Waals surface area contributed by atoms with Gasteiger partial charge in [-0.15, -0.1) is 0 Å². The maximum absolute atomic E-state index is 13.2. The fourth-order valence-electron chi connectivity index (χ4n) is 6.24. The summed E-state index contributed by atoms with van der Waals surface area (Å²) in [5.74, 6) is 1.34. The number of halogens is 1. The summed E-state index contributed by atoms with van der Waals surface area (Å²) in [6.45, 7) is 2.01. The second kappa shape index (κ2) is 5.57. The first kappa shape index (κ1) is 16.6. The van der Waals surface area contributed by atoms with Gasteiger partial charge in [0.2, 0.25) is 11.8 Å². The Kier molecular flexibility index (Phi) is 3.30. The van der Waals surface area contributed by atoms with Gasteiger partial charge in [0.05, 0.1) is 17.5 Å². The number of benzene rings is 2. The van der Waals surface area contributed by atoms with Crippen LogP contribution in [-0.2, 0) is 9.59 Å². The van der Waals surface area contributed by atoms with Gasteiger partial charge in [-0.3, -0.25) is 14.5 Å². The maximum atomic E-state index is 13.2. The largest absolute Gasteiger partial charge is 0.274 e. The summed E-state index contributed by atoms with van der Waals surface area (Å²) in [5.41, 5.74) is 4.37. The number of amides is 2. The normalized spacial score (nSPS) is 36.2. The number of allylic oxidation sites excluding steroid dienone is 1. The number of anilines is 1. The first-order valence-electron chi connectivity index (χ1n) is 9.96. The summed E-state index contributed by atoms with van der Waals surface area (Å²) in [6.07, 6.45) is 3.25. The summed E-state index contributed by atoms with van der Waals surface area (Å²) in [5, 5.41) is 0.735. The van der Waals surface area contributed by atoms with Crippen LogP contribution < -0.4 is 4.90 Å². The van der Waals surface area contributed by atoms with E-state index in [1.807, 2.05) is 49.4 Å². The predicted molar refractivity (Wildman–Crippen MR) is 109 cm³/mol. The van der Waals surface area contributed by atoms with Gasteiger partial charge in [0.15, 0.2) is 0 Å². The van der Waals surface area contributed by atoms with Crippen LogP contribution in [0.25, 0.3) is 6.08 Å². The lowest BCUT2D eigenvalue weighted by Gasteiger charge is -2.18. The van der Waals surface area contributed by atoms with Crippen molar-refractivity contribution >= 4 is 35.2 Å². The number of carbonyl (C=O) groups is 2. The van der Waals surface area contributed by atoms with E-state index in [2.05, 4.69) is 12.1 Å². The standard InChI is InChI=1S/C24H20ClNO2/c1-12-5-7-15(8-6-12)26-23(27)21-17-11-18(22(21)24(26)28)20-16(19(17)20)10-13-3-2-4-14(25)9-13/h2-10,17-22H,11H2,1H3/t17-,18+,19+,20-,21+,22-. The van der Waals surface area contributed by atoms with Crippen molar-refractivity contribution in [3.63, 3.8) is 0 Å². The molecule has 4 fully saturated rings. The van der Waals surface area contributed by atoms with E-state index in [1.54, 1.807) is 0 Å². The number of hydrogen-bond acceptors (Lipinski definition) is 2. The molecule has 3 nitrogen and oxygen atoms in total. The van der Waals surface area contributed by atoms with Crippen LogP contribution in [0.4, 0.5) is 5.69 Å². The van der Waals surface area contributed by atoms with Crippen LogP contribution in [0.3, 0.4) is 0 Å². The van der Waals surface area contributed by atoms with Crippen LogP contribution in [0.15, 0.2) is 54.1 Å². The second-order valence-corrected chi connectivity index (χ2v) is 9.15. The Bertz CT molecular complexity index is 1020. The molecule has 0 aromatic heterocycles. The minimum Gasteiger partial charge on any atom is -0.274 e. The average Bonchev–Trinajstić information content (AvgIpc) is 2.97. The lowest BCUT2D eigenvalue weighted by Crippen LogP contribution is -2.33. The Morgan fingerprint density at radius 1 is 0.929 bits per heavy atom. The smallest absolute Gasteiger partial charge is 0.237 e. The van der Waals surface area contributed by atoms with E-state index in [-0.39, 0.29) is 23.7 Å². The number of carbonyl (C=O) groups excluding carboxylic acids is 2. The first-order valence-corrected chi connectivity index (χ1v) is 10.3. The third-order valence-electron chi connectivity index (χ3n) is 7.31. The predicted octanol–water partition coefficient (Wildman–Crippen LogP) is 4.73. The Hall–Kier alpha value is -2.39. The van der Waals surface area contributed by atoms with Crippen LogP contribution in [0, 0.1) is 42.4 Å². The molecule has 28 heavy (non-hydrogen) atoms. The fourth-order valence-corrected chi connectivity index (χ4v) is 6.44. The van der Waals surface area contributed by atoms with E-state index >= 15 is 0 Å². The lowest BCUT2D eigenvalue weighted by molar-refractivity contribution is -0.123. The lowest BCUT2D eigenvalue weighted by atomic mass is 9.81. The molecule has 2 amide bonds. The Balaban J connectivity index is 1.31. The molecule has 0 radical (unpaired) electrons. The quantitative estimate of drug-likeness (QED) is 0.696. The monoisotopic (exact) mass is 389 g/mol. The van der Waals surface area contributed by atoms with Crippen molar-refractivity contribution in [1.82, 2.24) is 0 Å². The summed E-state index contributed by atoms with van der Waals surface area (Å²) >= 11 is 6.12. The van der Waals surface area contributed by atoms with Gasteiger partial charge < -0.3 is 0 Å². The molecule has 1 aliphatic heterocycles. The Labute approximate surface area is 169 Å². The molecule has 1 saturated heterocycles. The van der Waals surface area contributed by atoms with Crippen LogP contribution in [0.2, 0.25) is 5.02 Å². The SMILES string of the molecule is Cc1ccc(N2C(=O)[C@@H]3[C@H]4C[C@@H]([C@@H]3C2=O)[C@@H]2C(=Cc3cccc(Cl)c3)[C@H]42)cc1. The van der Waals surface area contributed by atoms with Crippen molar-refractivity contribution in [2.24, 2.45) is 35.5 Å². The van der Waals surface area contributed by atoms with Gasteiger partial charge in [-0.1, -0.05) is 53.1 Å². The molecule has 4 aliphatic rings. The highest BCUT2D eigenvalue weighted by molar-refractivity contribution is 6.30. The molecule has 4 heteroatoms. The molecule has 2 bridgehead atoms. The molecule has 140 valence electrons. The van der Waals surface area contributed by atoms with Gasteiger partial charge in [-0.2, -0.15) is 0 Å². The molecule has 0 spiro atoms. The van der Waals surface area contributed by atoms with Gasteiger partial charge in [0, 0.05) is 5.02 Å². The Morgan fingerprint density at radius 3 is 2.18 bits per heavy atom. The topological polar surface area (TPSA) is 37.4 Å². The third kappa shape index (κ3) is 2.11. The molecule has 3 aliphatic carbocycles. The maximum Gasteiger partial charge on any atom is 0.237 e. The van der Waals surface area contributed by atoms with E-state index in [0.717, 1.165) is 28.3 Å². The second-order valence-electron chi connectivity index (χ2n) is 8.71. The summed E-state index contributed by atoms with van der Waals surface area (Å²) in [4.78, 5) is 27.9. The van der Waals surface area contributed by atoms with Crippen LogP contribution in [0.5, 0.6) is 0 Å². The van der Waals surface area contributed by atoms with E-state index in [4.69, 9.17) is 11.6 Å². The van der Waals surface area contributed by atoms with Crippen molar-refractivity contribution in [2.75, 3.05) is 4.90 Å². The minimum atomic E-state index is -0.134.